The fraction of sp³-hybridized carbons (Fsp3) is 0.625. The third kappa shape index (κ3) is 7.40. The molecule has 0 aliphatic carbocycles. The van der Waals surface area contributed by atoms with Crippen LogP contribution >= 0.6 is 11.6 Å². The van der Waals surface area contributed by atoms with Gasteiger partial charge in [-0.1, -0.05) is 19.1 Å². The summed E-state index contributed by atoms with van der Waals surface area (Å²) in [4.78, 5) is 10.8. The highest BCUT2D eigenvalue weighted by Gasteiger charge is 1.96. The van der Waals surface area contributed by atoms with Crippen LogP contribution in [-0.4, -0.2) is 18.5 Å². The standard InChI is InChI=1S/C8H13ClO2/c1-2-7-11-8(10)5-3-4-6-9/h3-4H,2,5-7H2,1H3. The SMILES string of the molecule is CCCOC(=O)CC=CCCl. The lowest BCUT2D eigenvalue weighted by atomic mass is 10.4. The second kappa shape index (κ2) is 7.61. The van der Waals surface area contributed by atoms with Gasteiger partial charge in [0.25, 0.3) is 0 Å². The van der Waals surface area contributed by atoms with E-state index in [0.717, 1.165) is 6.42 Å². The maximum absolute atomic E-state index is 10.8. The average molecular weight is 177 g/mol. The summed E-state index contributed by atoms with van der Waals surface area (Å²) in [6.07, 6.45) is 4.64. The maximum atomic E-state index is 10.8. The summed E-state index contributed by atoms with van der Waals surface area (Å²) in [5.74, 6) is 0.259. The van der Waals surface area contributed by atoms with E-state index in [2.05, 4.69) is 0 Å². The molecule has 0 radical (unpaired) electrons. The van der Waals surface area contributed by atoms with Crippen molar-refractivity contribution in [2.45, 2.75) is 19.8 Å². The molecule has 0 aliphatic rings. The van der Waals surface area contributed by atoms with Gasteiger partial charge in [0.2, 0.25) is 0 Å². The zero-order chi connectivity index (χ0) is 8.53. The molecule has 11 heavy (non-hydrogen) atoms. The van der Waals surface area contributed by atoms with E-state index in [1.807, 2.05) is 6.92 Å². The highest BCUT2D eigenvalue weighted by Crippen LogP contribution is 1.90. The number of ether oxygens (including phenoxy) is 1. The van der Waals surface area contributed by atoms with Crippen LogP contribution in [0.2, 0.25) is 0 Å². The number of alkyl halides is 1. The van der Waals surface area contributed by atoms with Crippen molar-refractivity contribution in [2.24, 2.45) is 0 Å². The monoisotopic (exact) mass is 176 g/mol. The van der Waals surface area contributed by atoms with Crippen LogP contribution in [-0.2, 0) is 9.53 Å². The molecule has 0 N–H and O–H groups in total. The van der Waals surface area contributed by atoms with Gasteiger partial charge in [-0.3, -0.25) is 4.79 Å². The van der Waals surface area contributed by atoms with E-state index in [1.54, 1.807) is 12.2 Å². The summed E-state index contributed by atoms with van der Waals surface area (Å²) in [5, 5.41) is 0. The molecule has 0 bridgehead atoms. The Morgan fingerprint density at radius 2 is 2.27 bits per heavy atom. The summed E-state index contributed by atoms with van der Waals surface area (Å²) in [6.45, 7) is 2.47. The lowest BCUT2D eigenvalue weighted by Gasteiger charge is -1.98. The highest BCUT2D eigenvalue weighted by atomic mass is 35.5. The number of halogens is 1. The first-order valence-corrected chi connectivity index (χ1v) is 4.21. The summed E-state index contributed by atoms with van der Waals surface area (Å²) in [6, 6.07) is 0. The number of hydrogen-bond donors (Lipinski definition) is 0. The first kappa shape index (κ1) is 10.5. The fourth-order valence-corrected chi connectivity index (χ4v) is 0.643. The fourth-order valence-electron chi connectivity index (χ4n) is 0.517. The third-order valence-electron chi connectivity index (χ3n) is 1.01. The number of carbonyl (C=O) groups excluding carboxylic acids is 1. The van der Waals surface area contributed by atoms with E-state index in [1.165, 1.54) is 0 Å². The number of esters is 1. The zero-order valence-corrected chi connectivity index (χ0v) is 7.43. The van der Waals surface area contributed by atoms with E-state index in [-0.39, 0.29) is 5.97 Å². The van der Waals surface area contributed by atoms with Gasteiger partial charge < -0.3 is 4.74 Å². The van der Waals surface area contributed by atoms with Gasteiger partial charge in [0, 0.05) is 5.88 Å². The molecule has 0 heterocycles. The van der Waals surface area contributed by atoms with Crippen molar-refractivity contribution in [1.29, 1.82) is 0 Å². The quantitative estimate of drug-likeness (QED) is 0.365. The molecule has 0 amide bonds. The minimum absolute atomic E-state index is 0.187. The van der Waals surface area contributed by atoms with Crippen LogP contribution < -0.4 is 0 Å². The second-order valence-corrected chi connectivity index (χ2v) is 2.36. The number of carbonyl (C=O) groups is 1. The highest BCUT2D eigenvalue weighted by molar-refractivity contribution is 6.18. The normalized spacial score (nSPS) is 10.4. The van der Waals surface area contributed by atoms with E-state index in [4.69, 9.17) is 16.3 Å². The Bertz CT molecular complexity index is 132. The van der Waals surface area contributed by atoms with Gasteiger partial charge in [-0.05, 0) is 6.42 Å². The Kier molecular flexibility index (Phi) is 7.26. The molecule has 0 spiro atoms. The van der Waals surface area contributed by atoms with Crippen molar-refractivity contribution in [1.82, 2.24) is 0 Å². The number of hydrogen-bond acceptors (Lipinski definition) is 2. The Labute approximate surface area is 72.2 Å². The van der Waals surface area contributed by atoms with Crippen molar-refractivity contribution < 1.29 is 9.53 Å². The molecule has 0 aliphatic heterocycles. The van der Waals surface area contributed by atoms with Crippen LogP contribution in [0.5, 0.6) is 0 Å². The molecular formula is C8H13ClO2. The molecule has 0 fully saturated rings. The van der Waals surface area contributed by atoms with E-state index in [9.17, 15) is 4.79 Å². The molecule has 0 rings (SSSR count). The first-order valence-electron chi connectivity index (χ1n) is 3.67. The van der Waals surface area contributed by atoms with Crippen LogP contribution in [0, 0.1) is 0 Å². The summed E-state index contributed by atoms with van der Waals surface area (Å²) in [5.41, 5.74) is 0. The average Bonchev–Trinajstić information content (AvgIpc) is 2.01. The van der Waals surface area contributed by atoms with Crippen molar-refractivity contribution >= 4 is 17.6 Å². The topological polar surface area (TPSA) is 26.3 Å². The lowest BCUT2D eigenvalue weighted by Crippen LogP contribution is -2.03. The molecule has 3 heteroatoms. The van der Waals surface area contributed by atoms with Crippen LogP contribution in [0.4, 0.5) is 0 Å². The Balaban J connectivity index is 3.29. The largest absolute Gasteiger partial charge is 0.465 e. The molecule has 0 unspecified atom stereocenters. The Morgan fingerprint density at radius 3 is 2.82 bits per heavy atom. The molecular weight excluding hydrogens is 164 g/mol. The van der Waals surface area contributed by atoms with Crippen LogP contribution in [0.3, 0.4) is 0 Å². The molecule has 0 saturated carbocycles. The van der Waals surface area contributed by atoms with Gasteiger partial charge in [-0.15, -0.1) is 11.6 Å². The molecule has 0 aromatic carbocycles. The smallest absolute Gasteiger partial charge is 0.309 e. The maximum Gasteiger partial charge on any atom is 0.309 e. The van der Waals surface area contributed by atoms with Crippen molar-refractivity contribution in [3.05, 3.63) is 12.2 Å². The van der Waals surface area contributed by atoms with Gasteiger partial charge in [0.1, 0.15) is 0 Å². The molecule has 0 saturated heterocycles. The van der Waals surface area contributed by atoms with Gasteiger partial charge in [0.05, 0.1) is 13.0 Å². The second-order valence-electron chi connectivity index (χ2n) is 2.05. The summed E-state index contributed by atoms with van der Waals surface area (Å²) >= 11 is 5.35. The molecule has 0 aromatic heterocycles. The van der Waals surface area contributed by atoms with Gasteiger partial charge in [0.15, 0.2) is 0 Å². The van der Waals surface area contributed by atoms with Crippen LogP contribution in [0.1, 0.15) is 19.8 Å². The molecule has 64 valence electrons. The van der Waals surface area contributed by atoms with Crippen LogP contribution in [0.25, 0.3) is 0 Å². The predicted molar refractivity (Wildman–Crippen MR) is 45.7 cm³/mol. The lowest BCUT2D eigenvalue weighted by molar-refractivity contribution is -0.142. The number of rotatable bonds is 5. The van der Waals surface area contributed by atoms with Crippen molar-refractivity contribution in [3.8, 4) is 0 Å². The Hall–Kier alpha value is -0.500. The van der Waals surface area contributed by atoms with Crippen LogP contribution in [0.15, 0.2) is 12.2 Å². The van der Waals surface area contributed by atoms with Gasteiger partial charge in [-0.2, -0.15) is 0 Å². The van der Waals surface area contributed by atoms with Gasteiger partial charge >= 0.3 is 5.97 Å². The minimum Gasteiger partial charge on any atom is -0.465 e. The third-order valence-corrected chi connectivity index (χ3v) is 1.19. The zero-order valence-electron chi connectivity index (χ0n) is 6.68. The number of allylic oxidation sites excluding steroid dienone is 1. The summed E-state index contributed by atoms with van der Waals surface area (Å²) < 4.78 is 4.80. The molecule has 0 atom stereocenters. The van der Waals surface area contributed by atoms with E-state index < -0.39 is 0 Å². The van der Waals surface area contributed by atoms with Gasteiger partial charge in [-0.25, -0.2) is 0 Å². The minimum atomic E-state index is -0.187. The Morgan fingerprint density at radius 1 is 1.55 bits per heavy atom. The van der Waals surface area contributed by atoms with E-state index >= 15 is 0 Å². The molecule has 2 nitrogen and oxygen atoms in total. The summed E-state index contributed by atoms with van der Waals surface area (Å²) in [7, 11) is 0. The first-order chi connectivity index (χ1) is 5.31. The molecule has 0 aromatic rings. The predicted octanol–water partition coefficient (Wildman–Crippen LogP) is 2.12. The van der Waals surface area contributed by atoms with Crippen molar-refractivity contribution in [3.63, 3.8) is 0 Å². The van der Waals surface area contributed by atoms with E-state index in [0.29, 0.717) is 18.9 Å². The van der Waals surface area contributed by atoms with Crippen molar-refractivity contribution in [2.75, 3.05) is 12.5 Å².